The lowest BCUT2D eigenvalue weighted by molar-refractivity contribution is -0.138. The second kappa shape index (κ2) is 7.73. The van der Waals surface area contributed by atoms with Crippen molar-refractivity contribution in [2.24, 2.45) is 5.73 Å². The monoisotopic (exact) mass is 241 g/mol. The zero-order valence-electron chi connectivity index (χ0n) is 10.2. The Labute approximate surface area is 101 Å². The van der Waals surface area contributed by atoms with Gasteiger partial charge in [-0.3, -0.25) is 14.4 Å². The van der Waals surface area contributed by atoms with Crippen molar-refractivity contribution < 1.29 is 19.5 Å². The maximum absolute atomic E-state index is 11.4. The van der Waals surface area contributed by atoms with E-state index >= 15 is 0 Å². The summed E-state index contributed by atoms with van der Waals surface area (Å²) < 4.78 is 0. The number of carbonyl (C=O) groups is 3. The van der Waals surface area contributed by atoms with Crippen LogP contribution in [0.2, 0.25) is 0 Å². The lowest BCUT2D eigenvalue weighted by Gasteiger charge is -2.05. The molecule has 96 valence electrons. The molecule has 0 saturated carbocycles. The third-order valence-corrected chi connectivity index (χ3v) is 2.53. The molecule has 5 heteroatoms. The number of carboxylic acid groups (broad SMARTS) is 1. The molecule has 0 aliphatic rings. The molecular formula is C12H19NO4. The zero-order chi connectivity index (χ0) is 13.4. The Kier molecular flexibility index (Phi) is 7.05. The Bertz CT molecular complexity index is 333. The SMILES string of the molecule is CC=C(C)C(=O)C(=O)CCCCC(N)C(=O)O. The van der Waals surface area contributed by atoms with Gasteiger partial charge in [-0.05, 0) is 32.3 Å². The number of nitrogens with two attached hydrogens (primary N) is 1. The van der Waals surface area contributed by atoms with Crippen molar-refractivity contribution in [3.63, 3.8) is 0 Å². The molecule has 0 saturated heterocycles. The maximum Gasteiger partial charge on any atom is 0.320 e. The van der Waals surface area contributed by atoms with Gasteiger partial charge in [0.2, 0.25) is 11.6 Å². The number of hydrogen-bond acceptors (Lipinski definition) is 4. The van der Waals surface area contributed by atoms with E-state index in [-0.39, 0.29) is 6.42 Å². The van der Waals surface area contributed by atoms with E-state index in [1.807, 2.05) is 0 Å². The number of aliphatic carboxylic acids is 1. The van der Waals surface area contributed by atoms with E-state index in [1.54, 1.807) is 19.9 Å². The van der Waals surface area contributed by atoms with Gasteiger partial charge in [-0.15, -0.1) is 0 Å². The van der Waals surface area contributed by atoms with Crippen molar-refractivity contribution in [3.05, 3.63) is 11.6 Å². The van der Waals surface area contributed by atoms with E-state index in [2.05, 4.69) is 0 Å². The van der Waals surface area contributed by atoms with Crippen LogP contribution >= 0.6 is 0 Å². The van der Waals surface area contributed by atoms with Crippen molar-refractivity contribution in [1.29, 1.82) is 0 Å². The quantitative estimate of drug-likeness (QED) is 0.376. The molecule has 0 aliphatic carbocycles. The van der Waals surface area contributed by atoms with Gasteiger partial charge in [-0.25, -0.2) is 0 Å². The van der Waals surface area contributed by atoms with Crippen LogP contribution in [0.15, 0.2) is 11.6 Å². The predicted molar refractivity (Wildman–Crippen MR) is 63.5 cm³/mol. The van der Waals surface area contributed by atoms with Gasteiger partial charge in [0.1, 0.15) is 6.04 Å². The topological polar surface area (TPSA) is 97.5 Å². The van der Waals surface area contributed by atoms with Crippen LogP contribution in [-0.4, -0.2) is 28.7 Å². The first kappa shape index (κ1) is 15.5. The molecule has 0 spiro atoms. The minimum atomic E-state index is -1.04. The first-order valence-electron chi connectivity index (χ1n) is 5.59. The summed E-state index contributed by atoms with van der Waals surface area (Å²) in [6, 6.07) is -0.891. The highest BCUT2D eigenvalue weighted by Gasteiger charge is 2.15. The van der Waals surface area contributed by atoms with Crippen LogP contribution in [0.3, 0.4) is 0 Å². The maximum atomic E-state index is 11.4. The normalized spacial score (nSPS) is 13.2. The van der Waals surface area contributed by atoms with Crippen LogP contribution in [0.1, 0.15) is 39.5 Å². The zero-order valence-corrected chi connectivity index (χ0v) is 10.2. The molecule has 0 aromatic carbocycles. The third-order valence-electron chi connectivity index (χ3n) is 2.53. The first-order valence-corrected chi connectivity index (χ1v) is 5.59. The fourth-order valence-electron chi connectivity index (χ4n) is 1.24. The highest BCUT2D eigenvalue weighted by atomic mass is 16.4. The average molecular weight is 241 g/mol. The summed E-state index contributed by atoms with van der Waals surface area (Å²) in [4.78, 5) is 33.2. The number of unbranched alkanes of at least 4 members (excludes halogenated alkanes) is 1. The number of Topliss-reactive ketones (excluding diaryl/α,β-unsaturated/α-hetero) is 2. The largest absolute Gasteiger partial charge is 0.480 e. The second-order valence-electron chi connectivity index (χ2n) is 3.91. The fraction of sp³-hybridized carbons (Fsp3) is 0.583. The summed E-state index contributed by atoms with van der Waals surface area (Å²) >= 11 is 0. The van der Waals surface area contributed by atoms with Gasteiger partial charge in [0.05, 0.1) is 0 Å². The van der Waals surface area contributed by atoms with Gasteiger partial charge < -0.3 is 10.8 Å². The summed E-state index contributed by atoms with van der Waals surface area (Å²) in [6.45, 7) is 3.30. The highest BCUT2D eigenvalue weighted by Crippen LogP contribution is 2.06. The molecule has 1 atom stereocenters. The lowest BCUT2D eigenvalue weighted by atomic mass is 10.0. The minimum Gasteiger partial charge on any atom is -0.480 e. The molecule has 0 fully saturated rings. The van der Waals surface area contributed by atoms with Gasteiger partial charge >= 0.3 is 5.97 Å². The Morgan fingerprint density at radius 3 is 2.35 bits per heavy atom. The van der Waals surface area contributed by atoms with Crippen molar-refractivity contribution in [2.45, 2.75) is 45.6 Å². The Hall–Kier alpha value is -1.49. The molecule has 17 heavy (non-hydrogen) atoms. The van der Waals surface area contributed by atoms with E-state index in [4.69, 9.17) is 10.8 Å². The molecule has 0 heterocycles. The molecule has 0 radical (unpaired) electrons. The molecule has 0 aliphatic heterocycles. The number of hydrogen-bond donors (Lipinski definition) is 2. The van der Waals surface area contributed by atoms with Crippen molar-refractivity contribution >= 4 is 17.5 Å². The summed E-state index contributed by atoms with van der Waals surface area (Å²) in [7, 11) is 0. The van der Waals surface area contributed by atoms with E-state index in [0.29, 0.717) is 24.8 Å². The van der Waals surface area contributed by atoms with Crippen LogP contribution in [0.25, 0.3) is 0 Å². The molecule has 0 aromatic rings. The Morgan fingerprint density at radius 1 is 1.29 bits per heavy atom. The fourth-order valence-corrected chi connectivity index (χ4v) is 1.24. The average Bonchev–Trinajstić information content (AvgIpc) is 2.31. The number of rotatable bonds is 8. The van der Waals surface area contributed by atoms with Crippen molar-refractivity contribution in [2.75, 3.05) is 0 Å². The van der Waals surface area contributed by atoms with Gasteiger partial charge in [0.25, 0.3) is 0 Å². The Morgan fingerprint density at radius 2 is 1.88 bits per heavy atom. The van der Waals surface area contributed by atoms with E-state index in [0.717, 1.165) is 0 Å². The number of ketones is 2. The van der Waals surface area contributed by atoms with E-state index in [9.17, 15) is 14.4 Å². The van der Waals surface area contributed by atoms with Crippen LogP contribution in [0.4, 0.5) is 0 Å². The predicted octanol–water partition coefficient (Wildman–Crippen LogP) is 1.06. The molecule has 5 nitrogen and oxygen atoms in total. The van der Waals surface area contributed by atoms with Crippen molar-refractivity contribution in [1.82, 2.24) is 0 Å². The third kappa shape index (κ3) is 5.97. The standard InChI is InChI=1S/C12H19NO4/c1-3-8(2)11(15)10(14)7-5-4-6-9(13)12(16)17/h3,9H,4-7,13H2,1-2H3,(H,16,17). The molecule has 0 amide bonds. The first-order chi connectivity index (χ1) is 7.90. The van der Waals surface area contributed by atoms with Crippen LogP contribution in [-0.2, 0) is 14.4 Å². The molecule has 1 unspecified atom stereocenters. The van der Waals surface area contributed by atoms with Gasteiger partial charge in [0.15, 0.2) is 0 Å². The highest BCUT2D eigenvalue weighted by molar-refractivity contribution is 6.43. The molecule has 0 aromatic heterocycles. The smallest absolute Gasteiger partial charge is 0.320 e. The van der Waals surface area contributed by atoms with Gasteiger partial charge in [-0.2, -0.15) is 0 Å². The number of carboxylic acids is 1. The van der Waals surface area contributed by atoms with Gasteiger partial charge in [-0.1, -0.05) is 12.5 Å². The van der Waals surface area contributed by atoms with Crippen LogP contribution in [0, 0.1) is 0 Å². The summed E-state index contributed by atoms with van der Waals surface area (Å²) in [5.74, 6) is -1.93. The number of allylic oxidation sites excluding steroid dienone is 2. The molecule has 0 bridgehead atoms. The second-order valence-corrected chi connectivity index (χ2v) is 3.91. The van der Waals surface area contributed by atoms with Gasteiger partial charge in [0, 0.05) is 6.42 Å². The molecule has 3 N–H and O–H groups in total. The summed E-state index contributed by atoms with van der Waals surface area (Å²) in [6.07, 6.45) is 3.08. The summed E-state index contributed by atoms with van der Waals surface area (Å²) in [5.41, 5.74) is 5.74. The number of carbonyl (C=O) groups excluding carboxylic acids is 2. The Balaban J connectivity index is 3.87. The minimum absolute atomic E-state index is 0.149. The summed E-state index contributed by atoms with van der Waals surface area (Å²) in [5, 5.41) is 8.53. The van der Waals surface area contributed by atoms with E-state index < -0.39 is 23.6 Å². The van der Waals surface area contributed by atoms with E-state index in [1.165, 1.54) is 0 Å². The molecule has 0 rings (SSSR count). The molecular weight excluding hydrogens is 222 g/mol. The van der Waals surface area contributed by atoms with Crippen molar-refractivity contribution in [3.8, 4) is 0 Å². The van der Waals surface area contributed by atoms with Crippen LogP contribution < -0.4 is 5.73 Å². The van der Waals surface area contributed by atoms with Crippen LogP contribution in [0.5, 0.6) is 0 Å². The lowest BCUT2D eigenvalue weighted by Crippen LogP contribution is -2.29.